The van der Waals surface area contributed by atoms with Gasteiger partial charge in [0, 0.05) is 6.54 Å². The molecule has 1 heterocycles. The number of hydrogen-bond donors (Lipinski definition) is 2. The minimum absolute atomic E-state index is 0.0914. The Labute approximate surface area is 115 Å². The molecule has 1 amide bonds. The molecule has 0 unspecified atom stereocenters. The average molecular weight is 267 g/mol. The Morgan fingerprint density at radius 2 is 2.11 bits per heavy atom. The summed E-state index contributed by atoms with van der Waals surface area (Å²) in [5, 5.41) is 2.89. The number of furan rings is 1. The van der Waals surface area contributed by atoms with Gasteiger partial charge in [0.25, 0.3) is 5.91 Å². The fraction of sp³-hybridized carbons (Fsp3) is 0.643. The van der Waals surface area contributed by atoms with Gasteiger partial charge in [-0.05, 0) is 38.5 Å². The number of hydrogen-bond acceptors (Lipinski definition) is 4. The van der Waals surface area contributed by atoms with Crippen molar-refractivity contribution in [2.24, 2.45) is 5.73 Å². The third kappa shape index (κ3) is 5.44. The number of amides is 1. The maximum Gasteiger partial charge on any atom is 0.254 e. The van der Waals surface area contributed by atoms with Gasteiger partial charge in [-0.3, -0.25) is 4.79 Å². The molecular formula is C14H25N3O2. The molecule has 0 radical (unpaired) electrons. The van der Waals surface area contributed by atoms with Crippen LogP contribution in [0.2, 0.25) is 0 Å². The second-order valence-electron chi connectivity index (χ2n) is 4.50. The molecule has 1 aromatic heterocycles. The molecule has 0 bridgehead atoms. The largest absolute Gasteiger partial charge is 0.467 e. The van der Waals surface area contributed by atoms with E-state index in [0.717, 1.165) is 32.5 Å². The second-order valence-corrected chi connectivity index (χ2v) is 4.50. The molecule has 1 rings (SSSR count). The molecule has 0 aliphatic carbocycles. The summed E-state index contributed by atoms with van der Waals surface area (Å²) in [6, 6.07) is 1.69. The lowest BCUT2D eigenvalue weighted by Crippen LogP contribution is -2.27. The number of rotatable bonds is 9. The van der Waals surface area contributed by atoms with Crippen molar-refractivity contribution in [2.45, 2.75) is 33.2 Å². The van der Waals surface area contributed by atoms with Crippen molar-refractivity contribution in [3.63, 3.8) is 0 Å². The van der Waals surface area contributed by atoms with Gasteiger partial charge in [0.2, 0.25) is 0 Å². The van der Waals surface area contributed by atoms with Gasteiger partial charge >= 0.3 is 0 Å². The summed E-state index contributed by atoms with van der Waals surface area (Å²) in [5.41, 5.74) is 5.97. The molecular weight excluding hydrogens is 242 g/mol. The van der Waals surface area contributed by atoms with Crippen molar-refractivity contribution in [1.29, 1.82) is 0 Å². The summed E-state index contributed by atoms with van der Waals surface area (Å²) in [5.74, 6) is 0.540. The van der Waals surface area contributed by atoms with Gasteiger partial charge in [-0.2, -0.15) is 0 Å². The molecule has 3 N–H and O–H groups in total. The van der Waals surface area contributed by atoms with Gasteiger partial charge in [0.05, 0.1) is 12.1 Å². The molecule has 0 fully saturated rings. The van der Waals surface area contributed by atoms with Gasteiger partial charge in [-0.1, -0.05) is 13.8 Å². The summed E-state index contributed by atoms with van der Waals surface area (Å²) >= 11 is 0. The van der Waals surface area contributed by atoms with Crippen molar-refractivity contribution in [2.75, 3.05) is 26.2 Å². The lowest BCUT2D eigenvalue weighted by atomic mass is 10.2. The molecule has 0 aliphatic rings. The molecule has 0 saturated carbocycles. The molecule has 0 saturated heterocycles. The predicted molar refractivity (Wildman–Crippen MR) is 76.0 cm³/mol. The third-order valence-electron chi connectivity index (χ3n) is 3.20. The Balaban J connectivity index is 2.17. The zero-order valence-corrected chi connectivity index (χ0v) is 11.9. The van der Waals surface area contributed by atoms with Crippen LogP contribution < -0.4 is 11.1 Å². The van der Waals surface area contributed by atoms with Crippen LogP contribution in [-0.4, -0.2) is 37.0 Å². The lowest BCUT2D eigenvalue weighted by molar-refractivity contribution is 0.0952. The van der Waals surface area contributed by atoms with Gasteiger partial charge in [-0.15, -0.1) is 0 Å². The molecule has 0 aromatic carbocycles. The first-order valence-corrected chi connectivity index (χ1v) is 6.99. The first-order valence-electron chi connectivity index (χ1n) is 6.99. The maximum absolute atomic E-state index is 11.8. The highest BCUT2D eigenvalue weighted by atomic mass is 16.3. The van der Waals surface area contributed by atoms with Gasteiger partial charge in [-0.25, -0.2) is 0 Å². The Morgan fingerprint density at radius 1 is 1.37 bits per heavy atom. The fourth-order valence-corrected chi connectivity index (χ4v) is 1.91. The highest BCUT2D eigenvalue weighted by Gasteiger charge is 2.08. The van der Waals surface area contributed by atoms with Crippen LogP contribution in [0, 0.1) is 0 Å². The highest BCUT2D eigenvalue weighted by molar-refractivity contribution is 5.93. The van der Waals surface area contributed by atoms with Crippen LogP contribution >= 0.6 is 0 Å². The first kappa shape index (κ1) is 15.7. The van der Waals surface area contributed by atoms with E-state index in [1.165, 1.54) is 6.26 Å². The number of carbonyl (C=O) groups is 1. The van der Waals surface area contributed by atoms with E-state index in [1.807, 2.05) is 0 Å². The molecule has 5 heteroatoms. The Bertz CT molecular complexity index is 373. The van der Waals surface area contributed by atoms with E-state index in [4.69, 9.17) is 10.2 Å². The topological polar surface area (TPSA) is 71.5 Å². The van der Waals surface area contributed by atoms with Crippen LogP contribution in [-0.2, 0) is 6.54 Å². The van der Waals surface area contributed by atoms with Crippen molar-refractivity contribution in [1.82, 2.24) is 10.2 Å². The van der Waals surface area contributed by atoms with Crippen LogP contribution in [0.3, 0.4) is 0 Å². The average Bonchev–Trinajstić information content (AvgIpc) is 2.91. The SMILES string of the molecule is CCN(CC)CCCCNC(=O)c1coc(CN)c1. The number of unbranched alkanes of at least 4 members (excludes halogenated alkanes) is 1. The minimum Gasteiger partial charge on any atom is -0.467 e. The summed E-state index contributed by atoms with van der Waals surface area (Å²) in [6.45, 7) is 8.60. The lowest BCUT2D eigenvalue weighted by Gasteiger charge is -2.17. The summed E-state index contributed by atoms with van der Waals surface area (Å²) in [7, 11) is 0. The van der Waals surface area contributed by atoms with E-state index in [1.54, 1.807) is 6.07 Å². The standard InChI is InChI=1S/C14H25N3O2/c1-3-17(4-2)8-6-5-7-16-14(18)12-9-13(10-15)19-11-12/h9,11H,3-8,10,15H2,1-2H3,(H,16,18). The Kier molecular flexibility index (Phi) is 7.22. The number of carbonyl (C=O) groups excluding carboxylic acids is 1. The number of nitrogens with zero attached hydrogens (tertiary/aromatic N) is 1. The molecule has 108 valence electrons. The quantitative estimate of drug-likeness (QED) is 0.667. The van der Waals surface area contributed by atoms with Crippen LogP contribution in [0.5, 0.6) is 0 Å². The summed E-state index contributed by atoms with van der Waals surface area (Å²) < 4.78 is 5.13. The van der Waals surface area contributed by atoms with Gasteiger partial charge in [0.1, 0.15) is 12.0 Å². The predicted octanol–water partition coefficient (Wildman–Crippen LogP) is 1.59. The molecule has 0 spiro atoms. The Morgan fingerprint density at radius 3 is 2.68 bits per heavy atom. The zero-order chi connectivity index (χ0) is 14.1. The Hall–Kier alpha value is -1.33. The molecule has 0 aliphatic heterocycles. The molecule has 5 nitrogen and oxygen atoms in total. The van der Waals surface area contributed by atoms with Gasteiger partial charge < -0.3 is 20.4 Å². The van der Waals surface area contributed by atoms with E-state index in [-0.39, 0.29) is 5.91 Å². The fourth-order valence-electron chi connectivity index (χ4n) is 1.91. The first-order chi connectivity index (χ1) is 9.21. The molecule has 0 atom stereocenters. The number of nitrogens with one attached hydrogen (secondary N) is 1. The zero-order valence-electron chi connectivity index (χ0n) is 11.9. The smallest absolute Gasteiger partial charge is 0.254 e. The van der Waals surface area contributed by atoms with Crippen molar-refractivity contribution in [3.8, 4) is 0 Å². The van der Waals surface area contributed by atoms with E-state index >= 15 is 0 Å². The van der Waals surface area contributed by atoms with Crippen molar-refractivity contribution >= 4 is 5.91 Å². The van der Waals surface area contributed by atoms with E-state index in [9.17, 15) is 4.79 Å². The van der Waals surface area contributed by atoms with Crippen LogP contribution in [0.1, 0.15) is 42.8 Å². The molecule has 1 aromatic rings. The number of nitrogens with two attached hydrogens (primary N) is 1. The maximum atomic E-state index is 11.8. The minimum atomic E-state index is -0.0914. The van der Waals surface area contributed by atoms with E-state index in [0.29, 0.717) is 24.4 Å². The van der Waals surface area contributed by atoms with Crippen molar-refractivity contribution < 1.29 is 9.21 Å². The summed E-state index contributed by atoms with van der Waals surface area (Å²) in [6.07, 6.45) is 3.54. The van der Waals surface area contributed by atoms with Crippen molar-refractivity contribution in [3.05, 3.63) is 23.7 Å². The van der Waals surface area contributed by atoms with E-state index in [2.05, 4.69) is 24.1 Å². The second kappa shape index (κ2) is 8.72. The van der Waals surface area contributed by atoms with Gasteiger partial charge in [0.15, 0.2) is 0 Å². The normalized spacial score (nSPS) is 10.9. The third-order valence-corrected chi connectivity index (χ3v) is 3.20. The molecule has 19 heavy (non-hydrogen) atoms. The van der Waals surface area contributed by atoms with Crippen LogP contribution in [0.4, 0.5) is 0 Å². The van der Waals surface area contributed by atoms with E-state index < -0.39 is 0 Å². The summed E-state index contributed by atoms with van der Waals surface area (Å²) in [4.78, 5) is 14.1. The monoisotopic (exact) mass is 267 g/mol. The highest BCUT2D eigenvalue weighted by Crippen LogP contribution is 2.06. The van der Waals surface area contributed by atoms with Crippen LogP contribution in [0.15, 0.2) is 16.7 Å². The van der Waals surface area contributed by atoms with Crippen LogP contribution in [0.25, 0.3) is 0 Å².